The standard InChI is InChI=1S/C12H14FNO2/c13-11-6-2-5-10(14-11)12(15)16-8-7-9-3-1-4-9/h2,5-6,9H,1,3-4,7-8H2. The first-order valence-electron chi connectivity index (χ1n) is 5.55. The van der Waals surface area contributed by atoms with Crippen molar-refractivity contribution in [1.82, 2.24) is 4.98 Å². The maximum Gasteiger partial charge on any atom is 0.357 e. The van der Waals surface area contributed by atoms with Crippen molar-refractivity contribution in [3.63, 3.8) is 0 Å². The summed E-state index contributed by atoms with van der Waals surface area (Å²) in [5.74, 6) is -0.500. The van der Waals surface area contributed by atoms with Crippen LogP contribution in [0.25, 0.3) is 0 Å². The van der Waals surface area contributed by atoms with E-state index in [4.69, 9.17) is 4.74 Å². The monoisotopic (exact) mass is 223 g/mol. The Morgan fingerprint density at radius 3 is 2.94 bits per heavy atom. The second kappa shape index (κ2) is 5.05. The first kappa shape index (κ1) is 11.0. The minimum Gasteiger partial charge on any atom is -0.461 e. The molecule has 0 atom stereocenters. The highest BCUT2D eigenvalue weighted by Crippen LogP contribution is 2.29. The lowest BCUT2D eigenvalue weighted by atomic mass is 9.83. The van der Waals surface area contributed by atoms with Crippen LogP contribution in [-0.2, 0) is 4.74 Å². The smallest absolute Gasteiger partial charge is 0.357 e. The lowest BCUT2D eigenvalue weighted by molar-refractivity contribution is 0.0456. The summed E-state index contributed by atoms with van der Waals surface area (Å²) < 4.78 is 17.7. The lowest BCUT2D eigenvalue weighted by Crippen LogP contribution is -2.16. The number of ether oxygens (including phenoxy) is 1. The molecular formula is C12H14FNO2. The molecule has 0 radical (unpaired) electrons. The number of esters is 1. The SMILES string of the molecule is O=C(OCCC1CCC1)c1cccc(F)n1. The summed E-state index contributed by atoms with van der Waals surface area (Å²) in [5.41, 5.74) is 0.0357. The van der Waals surface area contributed by atoms with Gasteiger partial charge in [0.1, 0.15) is 0 Å². The van der Waals surface area contributed by atoms with Crippen LogP contribution in [0, 0.1) is 11.9 Å². The summed E-state index contributed by atoms with van der Waals surface area (Å²) in [5, 5.41) is 0. The number of rotatable bonds is 4. The van der Waals surface area contributed by atoms with Crippen LogP contribution in [0.1, 0.15) is 36.2 Å². The summed E-state index contributed by atoms with van der Waals surface area (Å²) >= 11 is 0. The van der Waals surface area contributed by atoms with Crippen molar-refractivity contribution in [2.45, 2.75) is 25.7 Å². The highest BCUT2D eigenvalue weighted by molar-refractivity contribution is 5.87. The molecule has 0 aromatic carbocycles. The van der Waals surface area contributed by atoms with Gasteiger partial charge in [0, 0.05) is 0 Å². The number of carbonyl (C=O) groups excluding carboxylic acids is 1. The highest BCUT2D eigenvalue weighted by atomic mass is 19.1. The van der Waals surface area contributed by atoms with Gasteiger partial charge in [0.15, 0.2) is 5.69 Å². The number of halogens is 1. The Hall–Kier alpha value is -1.45. The fourth-order valence-electron chi connectivity index (χ4n) is 1.70. The van der Waals surface area contributed by atoms with E-state index >= 15 is 0 Å². The van der Waals surface area contributed by atoms with Crippen molar-refractivity contribution in [3.05, 3.63) is 29.8 Å². The number of hydrogen-bond acceptors (Lipinski definition) is 3. The fraction of sp³-hybridized carbons (Fsp3) is 0.500. The Morgan fingerprint density at radius 1 is 1.50 bits per heavy atom. The number of aromatic nitrogens is 1. The third kappa shape index (κ3) is 2.78. The molecule has 0 amide bonds. The summed E-state index contributed by atoms with van der Waals surface area (Å²) in [7, 11) is 0. The van der Waals surface area contributed by atoms with Crippen LogP contribution in [0.15, 0.2) is 18.2 Å². The van der Waals surface area contributed by atoms with Crippen LogP contribution < -0.4 is 0 Å². The van der Waals surface area contributed by atoms with Gasteiger partial charge >= 0.3 is 5.97 Å². The predicted molar refractivity (Wildman–Crippen MR) is 56.4 cm³/mol. The van der Waals surface area contributed by atoms with Gasteiger partial charge in [-0.05, 0) is 24.5 Å². The maximum atomic E-state index is 12.7. The average Bonchev–Trinajstić information content (AvgIpc) is 2.21. The van der Waals surface area contributed by atoms with Gasteiger partial charge in [0.05, 0.1) is 6.61 Å². The first-order chi connectivity index (χ1) is 7.75. The molecule has 3 nitrogen and oxygen atoms in total. The lowest BCUT2D eigenvalue weighted by Gasteiger charge is -2.24. The number of carbonyl (C=O) groups is 1. The molecule has 0 saturated heterocycles. The van der Waals surface area contributed by atoms with Crippen LogP contribution >= 0.6 is 0 Å². The van der Waals surface area contributed by atoms with Crippen molar-refractivity contribution in [3.8, 4) is 0 Å². The minimum atomic E-state index is -0.659. The van der Waals surface area contributed by atoms with E-state index in [-0.39, 0.29) is 5.69 Å². The third-order valence-corrected chi connectivity index (χ3v) is 2.91. The van der Waals surface area contributed by atoms with Gasteiger partial charge in [-0.1, -0.05) is 25.3 Å². The summed E-state index contributed by atoms with van der Waals surface area (Å²) in [4.78, 5) is 14.9. The van der Waals surface area contributed by atoms with E-state index in [1.165, 1.54) is 37.5 Å². The van der Waals surface area contributed by atoms with Crippen LogP contribution in [0.5, 0.6) is 0 Å². The second-order valence-corrected chi connectivity index (χ2v) is 4.07. The Balaban J connectivity index is 1.78. The zero-order chi connectivity index (χ0) is 11.4. The Bertz CT molecular complexity index is 377. The van der Waals surface area contributed by atoms with Crippen LogP contribution in [0.2, 0.25) is 0 Å². The summed E-state index contributed by atoms with van der Waals surface area (Å²) in [6.07, 6.45) is 4.65. The predicted octanol–water partition coefficient (Wildman–Crippen LogP) is 2.57. The van der Waals surface area contributed by atoms with Gasteiger partial charge in [-0.15, -0.1) is 0 Å². The molecule has 0 unspecified atom stereocenters. The van der Waals surface area contributed by atoms with Crippen LogP contribution in [0.4, 0.5) is 4.39 Å². The number of pyridine rings is 1. The zero-order valence-electron chi connectivity index (χ0n) is 8.99. The topological polar surface area (TPSA) is 39.2 Å². The van der Waals surface area contributed by atoms with Crippen molar-refractivity contribution in [2.75, 3.05) is 6.61 Å². The summed E-state index contributed by atoms with van der Waals surface area (Å²) in [6, 6.07) is 4.10. The molecule has 86 valence electrons. The number of nitrogens with zero attached hydrogens (tertiary/aromatic N) is 1. The Morgan fingerprint density at radius 2 is 2.31 bits per heavy atom. The third-order valence-electron chi connectivity index (χ3n) is 2.91. The Labute approximate surface area is 93.6 Å². The maximum absolute atomic E-state index is 12.7. The molecule has 0 bridgehead atoms. The van der Waals surface area contributed by atoms with Gasteiger partial charge in [-0.25, -0.2) is 9.78 Å². The van der Waals surface area contributed by atoms with Crippen molar-refractivity contribution < 1.29 is 13.9 Å². The van der Waals surface area contributed by atoms with Crippen molar-refractivity contribution in [1.29, 1.82) is 0 Å². The molecule has 1 aliphatic rings. The van der Waals surface area contributed by atoms with Gasteiger partial charge in [-0.3, -0.25) is 0 Å². The highest BCUT2D eigenvalue weighted by Gasteiger charge is 2.18. The molecule has 2 rings (SSSR count). The fourth-order valence-corrected chi connectivity index (χ4v) is 1.70. The largest absolute Gasteiger partial charge is 0.461 e. The number of hydrogen-bond donors (Lipinski definition) is 0. The molecule has 0 aliphatic heterocycles. The van der Waals surface area contributed by atoms with E-state index in [2.05, 4.69) is 4.98 Å². The van der Waals surface area contributed by atoms with E-state index in [0.29, 0.717) is 12.5 Å². The molecular weight excluding hydrogens is 209 g/mol. The first-order valence-corrected chi connectivity index (χ1v) is 5.55. The molecule has 1 aliphatic carbocycles. The van der Waals surface area contributed by atoms with E-state index < -0.39 is 11.9 Å². The molecule has 1 aromatic rings. The molecule has 0 N–H and O–H groups in total. The summed E-state index contributed by atoms with van der Waals surface area (Å²) in [6.45, 7) is 0.404. The van der Waals surface area contributed by atoms with Crippen LogP contribution in [-0.4, -0.2) is 17.6 Å². The van der Waals surface area contributed by atoms with Gasteiger partial charge in [0.25, 0.3) is 0 Å². The molecule has 16 heavy (non-hydrogen) atoms. The zero-order valence-corrected chi connectivity index (χ0v) is 8.99. The van der Waals surface area contributed by atoms with Crippen molar-refractivity contribution in [2.24, 2.45) is 5.92 Å². The van der Waals surface area contributed by atoms with Crippen molar-refractivity contribution >= 4 is 5.97 Å². The second-order valence-electron chi connectivity index (χ2n) is 4.07. The molecule has 1 heterocycles. The van der Waals surface area contributed by atoms with Crippen LogP contribution in [0.3, 0.4) is 0 Å². The van der Waals surface area contributed by atoms with Gasteiger partial charge in [-0.2, -0.15) is 4.39 Å². The molecule has 1 fully saturated rings. The van der Waals surface area contributed by atoms with E-state index in [1.807, 2.05) is 0 Å². The molecule has 1 saturated carbocycles. The Kier molecular flexibility index (Phi) is 3.49. The minimum absolute atomic E-state index is 0.0357. The quantitative estimate of drug-likeness (QED) is 0.581. The van der Waals surface area contributed by atoms with Gasteiger partial charge in [0.2, 0.25) is 5.95 Å². The van der Waals surface area contributed by atoms with E-state index in [0.717, 1.165) is 6.42 Å². The molecule has 4 heteroatoms. The average molecular weight is 223 g/mol. The molecule has 1 aromatic heterocycles. The normalized spacial score (nSPS) is 15.6. The van der Waals surface area contributed by atoms with E-state index in [1.54, 1.807) is 0 Å². The van der Waals surface area contributed by atoms with E-state index in [9.17, 15) is 9.18 Å². The van der Waals surface area contributed by atoms with Gasteiger partial charge < -0.3 is 4.74 Å². The molecule has 0 spiro atoms.